The molecule has 6 nitrogen and oxygen atoms in total. The largest absolute Gasteiger partial charge is 0.466 e. The van der Waals surface area contributed by atoms with Crippen molar-refractivity contribution < 1.29 is 29.6 Å². The Hall–Kier alpha value is -1.73. The lowest BCUT2D eigenvalue weighted by molar-refractivity contribution is -0.140. The Morgan fingerprint density at radius 1 is 1.38 bits per heavy atom. The van der Waals surface area contributed by atoms with Gasteiger partial charge >= 0.3 is 0 Å². The molecule has 6 heteroatoms. The van der Waals surface area contributed by atoms with Crippen LogP contribution in [-0.4, -0.2) is 51.1 Å². The van der Waals surface area contributed by atoms with Crippen molar-refractivity contribution in [2.45, 2.75) is 57.5 Å². The third-order valence-corrected chi connectivity index (χ3v) is 5.39. The van der Waals surface area contributed by atoms with Crippen LogP contribution in [0.4, 0.5) is 0 Å². The highest BCUT2D eigenvalue weighted by molar-refractivity contribution is 6.01. The van der Waals surface area contributed by atoms with Gasteiger partial charge in [-0.3, -0.25) is 4.79 Å². The third-order valence-electron chi connectivity index (χ3n) is 5.39. The summed E-state index contributed by atoms with van der Waals surface area (Å²) < 4.78 is 11.6. The van der Waals surface area contributed by atoms with Gasteiger partial charge in [0, 0.05) is 12.2 Å². The van der Waals surface area contributed by atoms with E-state index in [1.54, 1.807) is 6.08 Å². The molecule has 0 amide bonds. The maximum Gasteiger partial charge on any atom is 0.190 e. The highest BCUT2D eigenvalue weighted by atomic mass is 16.6. The number of epoxide rings is 1. The van der Waals surface area contributed by atoms with E-state index in [0.29, 0.717) is 23.3 Å². The minimum absolute atomic E-state index is 0.141. The number of rotatable bonds is 5. The molecule has 3 N–H and O–H groups in total. The van der Waals surface area contributed by atoms with Gasteiger partial charge in [-0.2, -0.15) is 0 Å². The van der Waals surface area contributed by atoms with Crippen molar-refractivity contribution in [2.24, 2.45) is 5.92 Å². The second kappa shape index (κ2) is 6.46. The molecule has 0 aromatic carbocycles. The van der Waals surface area contributed by atoms with Gasteiger partial charge in [0.15, 0.2) is 17.0 Å². The molecule has 3 aliphatic rings. The standard InChI is InChI=1S/C20H26O6/c1-11(5-6-21)7-12(2)18-20(4,26-18)16-9-13-8-15(22)19(3,24)17(23)14(13)10-25-16/h7-11,17-18,21,23-24H,5-6H2,1-4H3/b12-7+/t11-,17+,18-,19+,20-/m0/s1. The zero-order valence-electron chi connectivity index (χ0n) is 15.5. The quantitative estimate of drug-likeness (QED) is 0.507. The normalized spacial score (nSPS) is 37.9. The van der Waals surface area contributed by atoms with Crippen LogP contribution in [0.5, 0.6) is 0 Å². The molecule has 26 heavy (non-hydrogen) atoms. The van der Waals surface area contributed by atoms with Crippen LogP contribution in [0.15, 0.2) is 47.0 Å². The molecule has 1 aliphatic carbocycles. The van der Waals surface area contributed by atoms with Crippen LogP contribution in [0.1, 0.15) is 34.1 Å². The van der Waals surface area contributed by atoms with Gasteiger partial charge < -0.3 is 24.8 Å². The van der Waals surface area contributed by atoms with E-state index in [1.807, 2.05) is 20.8 Å². The molecule has 0 unspecified atom stereocenters. The number of ketones is 1. The lowest BCUT2D eigenvalue weighted by atomic mass is 9.79. The van der Waals surface area contributed by atoms with Crippen LogP contribution in [0, 0.1) is 5.92 Å². The summed E-state index contributed by atoms with van der Waals surface area (Å²) in [5.74, 6) is 0.265. The molecule has 0 spiro atoms. The molecule has 142 valence electrons. The number of hydrogen-bond acceptors (Lipinski definition) is 6. The van der Waals surface area contributed by atoms with Crippen molar-refractivity contribution in [1.29, 1.82) is 0 Å². The molecule has 5 atom stereocenters. The minimum atomic E-state index is -1.85. The summed E-state index contributed by atoms with van der Waals surface area (Å²) in [5.41, 5.74) is -0.529. The van der Waals surface area contributed by atoms with Gasteiger partial charge in [0.2, 0.25) is 0 Å². The maximum atomic E-state index is 12.1. The first-order valence-corrected chi connectivity index (χ1v) is 8.84. The van der Waals surface area contributed by atoms with E-state index in [1.165, 1.54) is 19.3 Å². The summed E-state index contributed by atoms with van der Waals surface area (Å²) in [6.45, 7) is 7.36. The third kappa shape index (κ3) is 3.07. The molecular weight excluding hydrogens is 336 g/mol. The highest BCUT2D eigenvalue weighted by Gasteiger charge is 2.58. The molecule has 1 fully saturated rings. The molecule has 3 rings (SSSR count). The number of allylic oxidation sites excluding steroid dienone is 2. The van der Waals surface area contributed by atoms with Crippen molar-refractivity contribution >= 4 is 5.78 Å². The Bertz CT molecular complexity index is 741. The summed E-state index contributed by atoms with van der Waals surface area (Å²) in [6, 6.07) is 0. The zero-order valence-corrected chi connectivity index (χ0v) is 15.5. The van der Waals surface area contributed by atoms with Crippen LogP contribution in [-0.2, 0) is 14.3 Å². The Balaban J connectivity index is 1.81. The second-order valence-electron chi connectivity index (χ2n) is 7.72. The Kier molecular flexibility index (Phi) is 4.73. The van der Waals surface area contributed by atoms with Crippen LogP contribution < -0.4 is 0 Å². The van der Waals surface area contributed by atoms with Gasteiger partial charge in [0.25, 0.3) is 0 Å². The van der Waals surface area contributed by atoms with E-state index in [-0.39, 0.29) is 18.6 Å². The lowest BCUT2D eigenvalue weighted by Gasteiger charge is -2.34. The number of carbonyl (C=O) groups is 1. The number of carbonyl (C=O) groups excluding carboxylic acids is 1. The number of fused-ring (bicyclic) bond motifs is 1. The fourth-order valence-electron chi connectivity index (χ4n) is 3.53. The Labute approximate surface area is 153 Å². The molecule has 0 radical (unpaired) electrons. The highest BCUT2D eigenvalue weighted by Crippen LogP contribution is 2.49. The van der Waals surface area contributed by atoms with Gasteiger partial charge in [0.05, 0.1) is 6.26 Å². The summed E-state index contributed by atoms with van der Waals surface area (Å²) in [4.78, 5) is 12.1. The molecule has 0 saturated carbocycles. The maximum absolute atomic E-state index is 12.1. The summed E-state index contributed by atoms with van der Waals surface area (Å²) in [5, 5.41) is 29.4. The fraction of sp³-hybridized carbons (Fsp3) is 0.550. The van der Waals surface area contributed by atoms with Crippen LogP contribution in [0.2, 0.25) is 0 Å². The van der Waals surface area contributed by atoms with Crippen molar-refractivity contribution in [3.63, 3.8) is 0 Å². The van der Waals surface area contributed by atoms with E-state index < -0.39 is 23.1 Å². The summed E-state index contributed by atoms with van der Waals surface area (Å²) in [6.07, 6.45) is 5.70. The molecule has 0 aromatic heterocycles. The molecule has 2 aliphatic heterocycles. The minimum Gasteiger partial charge on any atom is -0.466 e. The Morgan fingerprint density at radius 2 is 2.08 bits per heavy atom. The van der Waals surface area contributed by atoms with E-state index in [2.05, 4.69) is 6.08 Å². The Morgan fingerprint density at radius 3 is 2.73 bits per heavy atom. The molecule has 0 bridgehead atoms. The average Bonchev–Trinajstić information content (AvgIpc) is 3.26. The van der Waals surface area contributed by atoms with E-state index in [9.17, 15) is 15.0 Å². The van der Waals surface area contributed by atoms with E-state index >= 15 is 0 Å². The van der Waals surface area contributed by atoms with Crippen molar-refractivity contribution in [2.75, 3.05) is 6.61 Å². The van der Waals surface area contributed by atoms with Gasteiger partial charge in [-0.05, 0) is 56.4 Å². The molecule has 1 saturated heterocycles. The number of ether oxygens (including phenoxy) is 2. The predicted octanol–water partition coefficient (Wildman–Crippen LogP) is 1.53. The monoisotopic (exact) mass is 362 g/mol. The topological polar surface area (TPSA) is 99.5 Å². The lowest BCUT2D eigenvalue weighted by Crippen LogP contribution is -2.50. The number of aliphatic hydroxyl groups is 3. The predicted molar refractivity (Wildman–Crippen MR) is 94.9 cm³/mol. The fourth-order valence-corrected chi connectivity index (χ4v) is 3.53. The van der Waals surface area contributed by atoms with Gasteiger partial charge in [0.1, 0.15) is 18.0 Å². The molecule has 0 aromatic rings. The van der Waals surface area contributed by atoms with Crippen molar-refractivity contribution in [3.8, 4) is 0 Å². The first kappa shape index (κ1) is 19.0. The van der Waals surface area contributed by atoms with Crippen LogP contribution in [0.3, 0.4) is 0 Å². The van der Waals surface area contributed by atoms with Crippen molar-refractivity contribution in [1.82, 2.24) is 0 Å². The first-order chi connectivity index (χ1) is 12.1. The SMILES string of the molecule is C/C(=C\[C@@H](C)CCO)[C@@H]1O[C@@]1(C)C1=CC2=CC(=O)[C@@](C)(O)[C@H](O)C2=CO1. The smallest absolute Gasteiger partial charge is 0.190 e. The summed E-state index contributed by atoms with van der Waals surface area (Å²) in [7, 11) is 0. The van der Waals surface area contributed by atoms with E-state index in [0.717, 1.165) is 5.57 Å². The molecule has 2 heterocycles. The van der Waals surface area contributed by atoms with Gasteiger partial charge in [-0.1, -0.05) is 13.0 Å². The molecular formula is C20H26O6. The van der Waals surface area contributed by atoms with Gasteiger partial charge in [-0.25, -0.2) is 0 Å². The van der Waals surface area contributed by atoms with Crippen LogP contribution in [0.25, 0.3) is 0 Å². The second-order valence-corrected chi connectivity index (χ2v) is 7.72. The van der Waals surface area contributed by atoms with Crippen LogP contribution >= 0.6 is 0 Å². The number of aliphatic hydroxyl groups excluding tert-OH is 2. The van der Waals surface area contributed by atoms with Crippen molar-refractivity contribution in [3.05, 3.63) is 47.0 Å². The first-order valence-electron chi connectivity index (χ1n) is 8.84. The van der Waals surface area contributed by atoms with Gasteiger partial charge in [-0.15, -0.1) is 0 Å². The van der Waals surface area contributed by atoms with E-state index in [4.69, 9.17) is 14.6 Å². The number of hydrogen-bond donors (Lipinski definition) is 3. The average molecular weight is 362 g/mol. The summed E-state index contributed by atoms with van der Waals surface area (Å²) >= 11 is 0. The zero-order chi connectivity index (χ0) is 19.3.